The van der Waals surface area contributed by atoms with Crippen molar-refractivity contribution >= 4 is 21.3 Å². The normalized spacial score (nSPS) is 14.1. The van der Waals surface area contributed by atoms with Gasteiger partial charge >= 0.3 is 0 Å². The molecule has 0 saturated carbocycles. The number of fused-ring (bicyclic) bond motifs is 3. The molecule has 3 aromatic rings. The van der Waals surface area contributed by atoms with Crippen molar-refractivity contribution in [3.63, 3.8) is 0 Å². The predicted octanol–water partition coefficient (Wildman–Crippen LogP) is 3.34. The molecule has 1 aliphatic heterocycles. The summed E-state index contributed by atoms with van der Waals surface area (Å²) in [7, 11) is -3.42. The zero-order valence-electron chi connectivity index (χ0n) is 12.3. The second-order valence-electron chi connectivity index (χ2n) is 5.40. The molecule has 0 atom stereocenters. The van der Waals surface area contributed by atoms with Crippen LogP contribution in [-0.2, 0) is 9.84 Å². The molecular weight excluding hydrogens is 310 g/mol. The van der Waals surface area contributed by atoms with Crippen LogP contribution in [0.5, 0.6) is 0 Å². The molecule has 5 nitrogen and oxygen atoms in total. The Morgan fingerprint density at radius 3 is 2.43 bits per heavy atom. The minimum Gasteiger partial charge on any atom is -0.339 e. The first-order valence-electron chi connectivity index (χ1n) is 7.11. The lowest BCUT2D eigenvalue weighted by molar-refractivity contribution is 0.598. The largest absolute Gasteiger partial charge is 0.339 e. The zero-order chi connectivity index (χ0) is 16.0. The molecule has 4 rings (SSSR count). The van der Waals surface area contributed by atoms with Crippen LogP contribution in [0.3, 0.4) is 0 Å². The molecule has 23 heavy (non-hydrogen) atoms. The average Bonchev–Trinajstić information content (AvgIpc) is 2.78. The molecule has 0 radical (unpaired) electrons. The van der Waals surface area contributed by atoms with Crippen LogP contribution in [0.2, 0.25) is 0 Å². The van der Waals surface area contributed by atoms with Gasteiger partial charge in [-0.1, -0.05) is 18.2 Å². The second kappa shape index (κ2) is 4.89. The van der Waals surface area contributed by atoms with E-state index in [0.717, 1.165) is 16.9 Å². The minimum atomic E-state index is -3.42. The van der Waals surface area contributed by atoms with E-state index in [1.807, 2.05) is 37.3 Å². The van der Waals surface area contributed by atoms with E-state index in [1.54, 1.807) is 24.3 Å². The first-order chi connectivity index (χ1) is 11.1. The Bertz CT molecular complexity index is 1010. The number of nitrogens with one attached hydrogen (secondary N) is 1. The first kappa shape index (κ1) is 13.9. The summed E-state index contributed by atoms with van der Waals surface area (Å²) in [6, 6.07) is 16.0. The third-order valence-corrected chi connectivity index (χ3v) is 5.68. The van der Waals surface area contributed by atoms with Crippen molar-refractivity contribution in [2.75, 3.05) is 5.32 Å². The Hall–Kier alpha value is -2.73. The number of aromatic nitrogens is 2. The Balaban J connectivity index is 1.80. The van der Waals surface area contributed by atoms with Crippen molar-refractivity contribution in [3.8, 4) is 11.1 Å². The Morgan fingerprint density at radius 2 is 1.65 bits per heavy atom. The number of aryl methyl sites for hydroxylation is 1. The molecular formula is C17H13N3O2S. The molecule has 1 aliphatic rings. The van der Waals surface area contributed by atoms with Gasteiger partial charge in [0.15, 0.2) is 5.82 Å². The van der Waals surface area contributed by atoms with E-state index in [-0.39, 0.29) is 0 Å². The lowest BCUT2D eigenvalue weighted by Crippen LogP contribution is -1.98. The smallest absolute Gasteiger partial charge is 0.207 e. The highest BCUT2D eigenvalue weighted by molar-refractivity contribution is 7.92. The molecule has 2 aromatic carbocycles. The lowest BCUT2D eigenvalue weighted by Gasteiger charge is -2.07. The molecule has 1 aromatic heterocycles. The standard InChI is InChI=1S/C17H13N3O2S/c1-11-6-9-17(20-19-11)18-12-7-8-16-14(10-12)13-4-2-3-5-15(13)23(16,21)22/h2-10H,1H3,(H,18,20). The highest BCUT2D eigenvalue weighted by Crippen LogP contribution is 2.44. The third kappa shape index (κ3) is 2.19. The highest BCUT2D eigenvalue weighted by atomic mass is 32.2. The van der Waals surface area contributed by atoms with Crippen LogP contribution < -0.4 is 5.32 Å². The van der Waals surface area contributed by atoms with Crippen molar-refractivity contribution in [1.29, 1.82) is 0 Å². The maximum Gasteiger partial charge on any atom is 0.207 e. The van der Waals surface area contributed by atoms with Gasteiger partial charge in [0.2, 0.25) is 9.84 Å². The summed E-state index contributed by atoms with van der Waals surface area (Å²) in [4.78, 5) is 0.710. The number of rotatable bonds is 2. The Kier molecular flexibility index (Phi) is 2.96. The predicted molar refractivity (Wildman–Crippen MR) is 87.4 cm³/mol. The van der Waals surface area contributed by atoms with Crippen molar-refractivity contribution < 1.29 is 8.42 Å². The van der Waals surface area contributed by atoms with Gasteiger partial charge in [0, 0.05) is 16.8 Å². The number of hydrogen-bond donors (Lipinski definition) is 1. The van der Waals surface area contributed by atoms with E-state index in [1.165, 1.54) is 0 Å². The molecule has 114 valence electrons. The molecule has 0 bridgehead atoms. The number of nitrogens with zero attached hydrogens (tertiary/aromatic N) is 2. The quantitative estimate of drug-likeness (QED) is 0.612. The van der Waals surface area contributed by atoms with E-state index < -0.39 is 9.84 Å². The van der Waals surface area contributed by atoms with Crippen LogP contribution in [0.4, 0.5) is 11.5 Å². The number of anilines is 2. The summed E-state index contributed by atoms with van der Waals surface area (Å²) in [5.74, 6) is 0.615. The SMILES string of the molecule is Cc1ccc(Nc2ccc3c(c2)-c2ccccc2S3(=O)=O)nn1. The summed E-state index contributed by atoms with van der Waals surface area (Å²) in [5, 5.41) is 11.2. The maximum absolute atomic E-state index is 12.5. The topological polar surface area (TPSA) is 72.0 Å². The van der Waals surface area contributed by atoms with Gasteiger partial charge in [-0.25, -0.2) is 8.42 Å². The molecule has 6 heteroatoms. The van der Waals surface area contributed by atoms with Crippen molar-refractivity contribution in [3.05, 3.63) is 60.3 Å². The Labute approximate surface area is 133 Å². The number of sulfone groups is 1. The zero-order valence-corrected chi connectivity index (χ0v) is 13.1. The van der Waals surface area contributed by atoms with Crippen LogP contribution in [0.25, 0.3) is 11.1 Å². The fraction of sp³-hybridized carbons (Fsp3) is 0.0588. The van der Waals surface area contributed by atoms with Crippen LogP contribution in [0.1, 0.15) is 5.69 Å². The maximum atomic E-state index is 12.5. The molecule has 1 N–H and O–H groups in total. The van der Waals surface area contributed by atoms with Gasteiger partial charge in [-0.05, 0) is 43.3 Å². The third-order valence-electron chi connectivity index (χ3n) is 3.81. The van der Waals surface area contributed by atoms with Gasteiger partial charge in [0.05, 0.1) is 15.5 Å². The first-order valence-corrected chi connectivity index (χ1v) is 8.60. The average molecular weight is 323 g/mol. The second-order valence-corrected chi connectivity index (χ2v) is 7.28. The van der Waals surface area contributed by atoms with E-state index in [4.69, 9.17) is 0 Å². The molecule has 0 saturated heterocycles. The summed E-state index contributed by atoms with van der Waals surface area (Å²) >= 11 is 0. The summed E-state index contributed by atoms with van der Waals surface area (Å²) in [5.41, 5.74) is 3.06. The molecule has 2 heterocycles. The molecule has 0 unspecified atom stereocenters. The van der Waals surface area contributed by atoms with E-state index in [2.05, 4.69) is 15.5 Å². The summed E-state index contributed by atoms with van der Waals surface area (Å²) in [6.45, 7) is 1.87. The molecule has 0 spiro atoms. The monoisotopic (exact) mass is 323 g/mol. The van der Waals surface area contributed by atoms with Crippen LogP contribution in [0, 0.1) is 6.92 Å². The fourth-order valence-corrected chi connectivity index (χ4v) is 4.38. The van der Waals surface area contributed by atoms with Crippen molar-refractivity contribution in [1.82, 2.24) is 10.2 Å². The summed E-state index contributed by atoms with van der Waals surface area (Å²) in [6.07, 6.45) is 0. The van der Waals surface area contributed by atoms with E-state index >= 15 is 0 Å². The highest BCUT2D eigenvalue weighted by Gasteiger charge is 2.32. The summed E-state index contributed by atoms with van der Waals surface area (Å²) < 4.78 is 25.1. The fourth-order valence-electron chi connectivity index (χ4n) is 2.71. The van der Waals surface area contributed by atoms with E-state index in [0.29, 0.717) is 21.2 Å². The van der Waals surface area contributed by atoms with Gasteiger partial charge in [-0.15, -0.1) is 5.10 Å². The van der Waals surface area contributed by atoms with Crippen LogP contribution in [-0.4, -0.2) is 18.6 Å². The molecule has 0 amide bonds. The van der Waals surface area contributed by atoms with Gasteiger partial charge in [-0.2, -0.15) is 5.10 Å². The van der Waals surface area contributed by atoms with E-state index in [9.17, 15) is 8.42 Å². The number of benzene rings is 2. The van der Waals surface area contributed by atoms with Gasteiger partial charge < -0.3 is 5.32 Å². The minimum absolute atomic E-state index is 0.347. The Morgan fingerprint density at radius 1 is 0.870 bits per heavy atom. The lowest BCUT2D eigenvalue weighted by atomic mass is 10.1. The van der Waals surface area contributed by atoms with Crippen molar-refractivity contribution in [2.24, 2.45) is 0 Å². The van der Waals surface area contributed by atoms with Crippen LogP contribution >= 0.6 is 0 Å². The van der Waals surface area contributed by atoms with Gasteiger partial charge in [0.1, 0.15) is 0 Å². The molecule has 0 fully saturated rings. The van der Waals surface area contributed by atoms with Gasteiger partial charge in [-0.3, -0.25) is 0 Å². The van der Waals surface area contributed by atoms with Gasteiger partial charge in [0.25, 0.3) is 0 Å². The number of hydrogen-bond acceptors (Lipinski definition) is 5. The van der Waals surface area contributed by atoms with Crippen LogP contribution in [0.15, 0.2) is 64.4 Å². The molecule has 0 aliphatic carbocycles. The van der Waals surface area contributed by atoms with Crippen molar-refractivity contribution in [2.45, 2.75) is 16.7 Å².